The summed E-state index contributed by atoms with van der Waals surface area (Å²) in [6, 6.07) is 10.5. The first-order valence-electron chi connectivity index (χ1n) is 9.60. The smallest absolute Gasteiger partial charge is 0.324 e. The van der Waals surface area contributed by atoms with Gasteiger partial charge in [0.25, 0.3) is 0 Å². The third kappa shape index (κ3) is 5.98. The molecule has 0 aliphatic carbocycles. The molecule has 0 radical (unpaired) electrons. The lowest BCUT2D eigenvalue weighted by Crippen LogP contribution is -2.49. The minimum absolute atomic E-state index is 0. The van der Waals surface area contributed by atoms with Crippen LogP contribution in [0.15, 0.2) is 35.3 Å². The Morgan fingerprint density at radius 2 is 1.93 bits per heavy atom. The van der Waals surface area contributed by atoms with Crippen molar-refractivity contribution in [3.05, 3.63) is 30.3 Å². The number of hydrogen-bond donors (Lipinski definition) is 3. The number of halogens is 1. The number of nitrogens with one attached hydrogen (secondary N) is 3. The molecule has 2 fully saturated rings. The Morgan fingerprint density at radius 1 is 1.21 bits per heavy atom. The molecule has 0 bridgehead atoms. The lowest BCUT2D eigenvalue weighted by Gasteiger charge is -2.34. The van der Waals surface area contributed by atoms with Gasteiger partial charge in [0.2, 0.25) is 5.91 Å². The van der Waals surface area contributed by atoms with Crippen molar-refractivity contribution < 1.29 is 9.59 Å². The van der Waals surface area contributed by atoms with E-state index in [0.717, 1.165) is 38.4 Å². The van der Waals surface area contributed by atoms with E-state index >= 15 is 0 Å². The largest absolute Gasteiger partial charge is 0.371 e. The number of piperidine rings is 1. The number of amides is 3. The Morgan fingerprint density at radius 3 is 2.54 bits per heavy atom. The maximum Gasteiger partial charge on any atom is 0.324 e. The normalized spacial score (nSPS) is 18.0. The molecule has 3 rings (SSSR count). The Balaban J connectivity index is 0.00000280. The first-order chi connectivity index (χ1) is 13.2. The molecule has 0 spiro atoms. The highest BCUT2D eigenvalue weighted by molar-refractivity contribution is 14.0. The summed E-state index contributed by atoms with van der Waals surface area (Å²) < 4.78 is 0. The molecule has 0 saturated carbocycles. The molecule has 8 nitrogen and oxygen atoms in total. The standard InChI is InChI=1S/C19H28N6O2.HI/c1-2-20-18(21-10-13-25-17(26)14-22-19(25)27)23-15-8-11-24(12-9-15)16-6-4-3-5-7-16;/h3-7,15H,2,8-14H2,1H3,(H,22,27)(H2,20,21,23);1H. The fourth-order valence-corrected chi connectivity index (χ4v) is 3.38. The highest BCUT2D eigenvalue weighted by Gasteiger charge is 2.27. The summed E-state index contributed by atoms with van der Waals surface area (Å²) in [4.78, 5) is 31.3. The van der Waals surface area contributed by atoms with Crippen LogP contribution < -0.4 is 20.9 Å². The number of nitrogens with zero attached hydrogens (tertiary/aromatic N) is 3. The maximum absolute atomic E-state index is 11.6. The lowest BCUT2D eigenvalue weighted by molar-refractivity contribution is -0.124. The molecular formula is C19H29IN6O2. The van der Waals surface area contributed by atoms with E-state index in [1.54, 1.807) is 0 Å². The lowest BCUT2D eigenvalue weighted by atomic mass is 10.0. The average molecular weight is 500 g/mol. The van der Waals surface area contributed by atoms with Crippen LogP contribution >= 0.6 is 24.0 Å². The molecule has 3 amide bonds. The summed E-state index contributed by atoms with van der Waals surface area (Å²) in [5.41, 5.74) is 1.27. The van der Waals surface area contributed by atoms with Crippen molar-refractivity contribution in [3.8, 4) is 0 Å². The van der Waals surface area contributed by atoms with Crippen molar-refractivity contribution in [3.63, 3.8) is 0 Å². The molecule has 2 heterocycles. The number of guanidine groups is 1. The molecule has 0 aromatic heterocycles. The Bertz CT molecular complexity index is 660. The van der Waals surface area contributed by atoms with Gasteiger partial charge in [-0.1, -0.05) is 18.2 Å². The van der Waals surface area contributed by atoms with Gasteiger partial charge < -0.3 is 20.9 Å². The number of hydrogen-bond acceptors (Lipinski definition) is 4. The third-order valence-electron chi connectivity index (χ3n) is 4.83. The molecule has 3 N–H and O–H groups in total. The van der Waals surface area contributed by atoms with Crippen LogP contribution in [0.5, 0.6) is 0 Å². The van der Waals surface area contributed by atoms with Crippen LogP contribution in [0.25, 0.3) is 0 Å². The predicted molar refractivity (Wildman–Crippen MR) is 121 cm³/mol. The van der Waals surface area contributed by atoms with Gasteiger partial charge in [-0.2, -0.15) is 0 Å². The molecule has 2 aliphatic rings. The van der Waals surface area contributed by atoms with Crippen LogP contribution in [0.1, 0.15) is 19.8 Å². The summed E-state index contributed by atoms with van der Waals surface area (Å²) in [6.07, 6.45) is 2.07. The van der Waals surface area contributed by atoms with Gasteiger partial charge >= 0.3 is 6.03 Å². The summed E-state index contributed by atoms with van der Waals surface area (Å²) in [5, 5.41) is 9.25. The van der Waals surface area contributed by atoms with Crippen LogP contribution in [0.3, 0.4) is 0 Å². The molecule has 28 heavy (non-hydrogen) atoms. The molecule has 2 saturated heterocycles. The van der Waals surface area contributed by atoms with Gasteiger partial charge in [-0.15, -0.1) is 24.0 Å². The van der Waals surface area contributed by atoms with Gasteiger partial charge in [0, 0.05) is 31.4 Å². The number of benzene rings is 1. The molecule has 0 unspecified atom stereocenters. The van der Waals surface area contributed by atoms with Crippen LogP contribution in [-0.2, 0) is 4.79 Å². The second-order valence-corrected chi connectivity index (χ2v) is 6.71. The van der Waals surface area contributed by atoms with E-state index in [0.29, 0.717) is 19.1 Å². The number of anilines is 1. The first kappa shape index (κ1) is 22.3. The predicted octanol–water partition coefficient (Wildman–Crippen LogP) is 1.38. The van der Waals surface area contributed by atoms with Crippen molar-refractivity contribution in [2.75, 3.05) is 44.2 Å². The highest BCUT2D eigenvalue weighted by atomic mass is 127. The van der Waals surface area contributed by atoms with Crippen molar-refractivity contribution in [1.82, 2.24) is 20.9 Å². The molecule has 2 aliphatic heterocycles. The van der Waals surface area contributed by atoms with Crippen LogP contribution in [-0.4, -0.2) is 68.1 Å². The zero-order chi connectivity index (χ0) is 19.1. The monoisotopic (exact) mass is 500 g/mol. The minimum atomic E-state index is -0.332. The van der Waals surface area contributed by atoms with Gasteiger partial charge in [-0.25, -0.2) is 4.79 Å². The topological polar surface area (TPSA) is 89.1 Å². The average Bonchev–Trinajstić information content (AvgIpc) is 3.01. The number of aliphatic imine (C=N–C) groups is 1. The Labute approximate surface area is 183 Å². The van der Waals surface area contributed by atoms with Crippen molar-refractivity contribution in [2.24, 2.45) is 4.99 Å². The van der Waals surface area contributed by atoms with Crippen molar-refractivity contribution >= 4 is 47.6 Å². The number of imide groups is 1. The van der Waals surface area contributed by atoms with E-state index < -0.39 is 0 Å². The summed E-state index contributed by atoms with van der Waals surface area (Å²) in [5.74, 6) is 0.546. The van der Waals surface area contributed by atoms with Crippen LogP contribution in [0.2, 0.25) is 0 Å². The fourth-order valence-electron chi connectivity index (χ4n) is 3.38. The number of para-hydroxylation sites is 1. The van der Waals surface area contributed by atoms with Crippen LogP contribution in [0.4, 0.5) is 10.5 Å². The molecule has 1 aromatic carbocycles. The Kier molecular flexibility index (Phi) is 8.81. The number of carbonyl (C=O) groups is 2. The summed E-state index contributed by atoms with van der Waals surface area (Å²) in [6.45, 7) is 5.56. The van der Waals surface area contributed by atoms with Gasteiger partial charge in [0.05, 0.1) is 19.6 Å². The zero-order valence-corrected chi connectivity index (χ0v) is 18.5. The quantitative estimate of drug-likeness (QED) is 0.238. The highest BCUT2D eigenvalue weighted by Crippen LogP contribution is 2.19. The van der Waals surface area contributed by atoms with E-state index in [-0.39, 0.29) is 42.5 Å². The van der Waals surface area contributed by atoms with E-state index in [2.05, 4.69) is 50.1 Å². The third-order valence-corrected chi connectivity index (χ3v) is 4.83. The van der Waals surface area contributed by atoms with Gasteiger partial charge in [0.15, 0.2) is 5.96 Å². The molecule has 154 valence electrons. The van der Waals surface area contributed by atoms with Crippen molar-refractivity contribution in [1.29, 1.82) is 0 Å². The van der Waals surface area contributed by atoms with E-state index in [4.69, 9.17) is 0 Å². The second-order valence-electron chi connectivity index (χ2n) is 6.71. The fraction of sp³-hybridized carbons (Fsp3) is 0.526. The second kappa shape index (κ2) is 11.1. The molecule has 1 aromatic rings. The van der Waals surface area contributed by atoms with E-state index in [9.17, 15) is 9.59 Å². The van der Waals surface area contributed by atoms with Gasteiger partial charge in [-0.05, 0) is 31.9 Å². The SMILES string of the molecule is CCNC(=NCCN1C(=O)CNC1=O)NC1CCN(c2ccccc2)CC1.I. The zero-order valence-electron chi connectivity index (χ0n) is 16.2. The van der Waals surface area contributed by atoms with Crippen molar-refractivity contribution in [2.45, 2.75) is 25.8 Å². The Hall–Kier alpha value is -2.04. The molecule has 9 heteroatoms. The van der Waals surface area contributed by atoms with E-state index in [1.807, 2.05) is 13.0 Å². The van der Waals surface area contributed by atoms with Crippen LogP contribution in [0, 0.1) is 0 Å². The maximum atomic E-state index is 11.6. The first-order valence-corrected chi connectivity index (χ1v) is 9.60. The summed E-state index contributed by atoms with van der Waals surface area (Å²) in [7, 11) is 0. The molecule has 0 atom stereocenters. The molecular weight excluding hydrogens is 471 g/mol. The number of rotatable bonds is 6. The summed E-state index contributed by atoms with van der Waals surface area (Å²) >= 11 is 0. The number of urea groups is 1. The minimum Gasteiger partial charge on any atom is -0.371 e. The van der Waals surface area contributed by atoms with Gasteiger partial charge in [-0.3, -0.25) is 14.7 Å². The van der Waals surface area contributed by atoms with Gasteiger partial charge in [0.1, 0.15) is 0 Å². The number of carbonyl (C=O) groups excluding carboxylic acids is 2. The van der Waals surface area contributed by atoms with E-state index in [1.165, 1.54) is 10.6 Å².